The number of rotatable bonds is 8. The van der Waals surface area contributed by atoms with E-state index in [2.05, 4.69) is 6.92 Å². The van der Waals surface area contributed by atoms with Gasteiger partial charge in [0.2, 0.25) is 0 Å². The molecule has 0 unspecified atom stereocenters. The van der Waals surface area contributed by atoms with Gasteiger partial charge in [0.05, 0.1) is 6.61 Å². The molecule has 0 saturated heterocycles. The molecule has 0 atom stereocenters. The summed E-state index contributed by atoms with van der Waals surface area (Å²) in [6, 6.07) is 5.09. The molecule has 94 valence electrons. The molecule has 0 spiro atoms. The van der Waals surface area contributed by atoms with Crippen LogP contribution in [0.4, 0.5) is 0 Å². The van der Waals surface area contributed by atoms with Crippen molar-refractivity contribution in [3.05, 3.63) is 23.8 Å². The third-order valence-electron chi connectivity index (χ3n) is 2.19. The SMILES string of the molecule is CCCCOc1ccc(C=O)cc1OCOC. The maximum absolute atomic E-state index is 10.7. The molecule has 1 aromatic carbocycles. The van der Waals surface area contributed by atoms with Gasteiger partial charge in [0.1, 0.15) is 6.29 Å². The topological polar surface area (TPSA) is 44.8 Å². The zero-order valence-corrected chi connectivity index (χ0v) is 10.3. The molecule has 0 aliphatic rings. The predicted octanol–water partition coefficient (Wildman–Crippen LogP) is 2.66. The summed E-state index contributed by atoms with van der Waals surface area (Å²) in [7, 11) is 1.54. The van der Waals surface area contributed by atoms with E-state index < -0.39 is 0 Å². The molecule has 0 amide bonds. The minimum atomic E-state index is 0.131. The zero-order valence-electron chi connectivity index (χ0n) is 10.3. The summed E-state index contributed by atoms with van der Waals surface area (Å²) in [5, 5.41) is 0. The Balaban J connectivity index is 2.74. The van der Waals surface area contributed by atoms with Gasteiger partial charge in [0.15, 0.2) is 18.3 Å². The van der Waals surface area contributed by atoms with Gasteiger partial charge in [0.25, 0.3) is 0 Å². The lowest BCUT2D eigenvalue weighted by Gasteiger charge is -2.12. The van der Waals surface area contributed by atoms with Gasteiger partial charge in [-0.25, -0.2) is 0 Å². The normalized spacial score (nSPS) is 10.0. The molecule has 4 heteroatoms. The van der Waals surface area contributed by atoms with Crippen molar-refractivity contribution < 1.29 is 19.0 Å². The van der Waals surface area contributed by atoms with E-state index in [1.54, 1.807) is 25.3 Å². The van der Waals surface area contributed by atoms with Crippen molar-refractivity contribution in [2.24, 2.45) is 0 Å². The van der Waals surface area contributed by atoms with E-state index in [0.29, 0.717) is 23.7 Å². The summed E-state index contributed by atoms with van der Waals surface area (Å²) >= 11 is 0. The van der Waals surface area contributed by atoms with Crippen molar-refractivity contribution in [2.75, 3.05) is 20.5 Å². The molecule has 0 N–H and O–H groups in total. The number of methoxy groups -OCH3 is 1. The van der Waals surface area contributed by atoms with Gasteiger partial charge in [-0.05, 0) is 24.6 Å². The zero-order chi connectivity index (χ0) is 12.5. The van der Waals surface area contributed by atoms with Crippen LogP contribution in [0.2, 0.25) is 0 Å². The Labute approximate surface area is 101 Å². The van der Waals surface area contributed by atoms with Crippen LogP contribution in [0.5, 0.6) is 11.5 Å². The summed E-state index contributed by atoms with van der Waals surface area (Å²) in [6.07, 6.45) is 2.83. The highest BCUT2D eigenvalue weighted by Crippen LogP contribution is 2.28. The molecule has 1 aromatic rings. The fourth-order valence-corrected chi connectivity index (χ4v) is 1.28. The Morgan fingerprint density at radius 1 is 1.24 bits per heavy atom. The van der Waals surface area contributed by atoms with Crippen LogP contribution in [0.1, 0.15) is 30.1 Å². The molecule has 0 aliphatic heterocycles. The molecule has 0 bridgehead atoms. The van der Waals surface area contributed by atoms with Crippen LogP contribution in [0.15, 0.2) is 18.2 Å². The first-order chi connectivity index (χ1) is 8.31. The number of aldehydes is 1. The summed E-state index contributed by atoms with van der Waals surface area (Å²) < 4.78 is 15.8. The molecule has 0 fully saturated rings. The highest BCUT2D eigenvalue weighted by Gasteiger charge is 2.06. The third kappa shape index (κ3) is 4.44. The van der Waals surface area contributed by atoms with E-state index >= 15 is 0 Å². The second-order valence-electron chi connectivity index (χ2n) is 3.58. The summed E-state index contributed by atoms with van der Waals surface area (Å²) in [4.78, 5) is 10.7. The van der Waals surface area contributed by atoms with E-state index in [4.69, 9.17) is 14.2 Å². The molecule has 0 radical (unpaired) electrons. The molecule has 0 saturated carbocycles. The predicted molar refractivity (Wildman–Crippen MR) is 64.7 cm³/mol. The van der Waals surface area contributed by atoms with Crippen molar-refractivity contribution in [3.8, 4) is 11.5 Å². The quantitative estimate of drug-likeness (QED) is 0.397. The highest BCUT2D eigenvalue weighted by molar-refractivity contribution is 5.76. The van der Waals surface area contributed by atoms with E-state index in [9.17, 15) is 4.79 Å². The Hall–Kier alpha value is -1.55. The van der Waals surface area contributed by atoms with Crippen molar-refractivity contribution in [2.45, 2.75) is 19.8 Å². The minimum Gasteiger partial charge on any atom is -0.490 e. The molecule has 0 aromatic heterocycles. The van der Waals surface area contributed by atoms with Crippen LogP contribution >= 0.6 is 0 Å². The van der Waals surface area contributed by atoms with E-state index in [-0.39, 0.29) is 6.79 Å². The van der Waals surface area contributed by atoms with Crippen molar-refractivity contribution in [1.29, 1.82) is 0 Å². The van der Waals surface area contributed by atoms with Crippen LogP contribution in [0.3, 0.4) is 0 Å². The van der Waals surface area contributed by atoms with Crippen LogP contribution in [-0.2, 0) is 4.74 Å². The minimum absolute atomic E-state index is 0.131. The lowest BCUT2D eigenvalue weighted by atomic mass is 10.2. The van der Waals surface area contributed by atoms with Crippen molar-refractivity contribution >= 4 is 6.29 Å². The monoisotopic (exact) mass is 238 g/mol. The Morgan fingerprint density at radius 2 is 2.06 bits per heavy atom. The maximum Gasteiger partial charge on any atom is 0.188 e. The van der Waals surface area contributed by atoms with Gasteiger partial charge in [-0.2, -0.15) is 0 Å². The van der Waals surface area contributed by atoms with Crippen LogP contribution in [0.25, 0.3) is 0 Å². The summed E-state index contributed by atoms with van der Waals surface area (Å²) in [5.41, 5.74) is 0.555. The van der Waals surface area contributed by atoms with Gasteiger partial charge in [0, 0.05) is 12.7 Å². The molecule has 1 rings (SSSR count). The molecule has 0 heterocycles. The first-order valence-corrected chi connectivity index (χ1v) is 5.65. The smallest absolute Gasteiger partial charge is 0.188 e. The van der Waals surface area contributed by atoms with Crippen molar-refractivity contribution in [1.82, 2.24) is 0 Å². The van der Waals surface area contributed by atoms with E-state index in [0.717, 1.165) is 19.1 Å². The third-order valence-corrected chi connectivity index (χ3v) is 2.19. The van der Waals surface area contributed by atoms with Gasteiger partial charge in [-0.1, -0.05) is 13.3 Å². The van der Waals surface area contributed by atoms with Crippen molar-refractivity contribution in [3.63, 3.8) is 0 Å². The number of ether oxygens (including phenoxy) is 3. The largest absolute Gasteiger partial charge is 0.490 e. The first-order valence-electron chi connectivity index (χ1n) is 5.65. The molecule has 17 heavy (non-hydrogen) atoms. The number of hydrogen-bond acceptors (Lipinski definition) is 4. The molecule has 4 nitrogen and oxygen atoms in total. The Morgan fingerprint density at radius 3 is 2.71 bits per heavy atom. The number of unbranched alkanes of at least 4 members (excludes halogenated alkanes) is 1. The van der Waals surface area contributed by atoms with Gasteiger partial charge in [-0.15, -0.1) is 0 Å². The van der Waals surface area contributed by atoms with Gasteiger partial charge < -0.3 is 14.2 Å². The molecule has 0 aliphatic carbocycles. The van der Waals surface area contributed by atoms with Crippen LogP contribution in [0, 0.1) is 0 Å². The average molecular weight is 238 g/mol. The second-order valence-corrected chi connectivity index (χ2v) is 3.58. The fraction of sp³-hybridized carbons (Fsp3) is 0.462. The summed E-state index contributed by atoms with van der Waals surface area (Å²) in [6.45, 7) is 2.87. The highest BCUT2D eigenvalue weighted by atomic mass is 16.7. The maximum atomic E-state index is 10.7. The van der Waals surface area contributed by atoms with Crippen LogP contribution in [-0.4, -0.2) is 26.8 Å². The second kappa shape index (κ2) is 7.68. The van der Waals surface area contributed by atoms with Gasteiger partial charge in [-0.3, -0.25) is 4.79 Å². The number of carbonyl (C=O) groups is 1. The Bertz CT molecular complexity index is 349. The molecular formula is C13H18O4. The van der Waals surface area contributed by atoms with Crippen LogP contribution < -0.4 is 9.47 Å². The molecular weight excluding hydrogens is 220 g/mol. The Kier molecular flexibility index (Phi) is 6.10. The first kappa shape index (κ1) is 13.5. The van der Waals surface area contributed by atoms with E-state index in [1.165, 1.54) is 0 Å². The number of benzene rings is 1. The standard InChI is InChI=1S/C13H18O4/c1-3-4-7-16-12-6-5-11(9-14)8-13(12)17-10-15-2/h5-6,8-9H,3-4,7,10H2,1-2H3. The van der Waals surface area contributed by atoms with Gasteiger partial charge >= 0.3 is 0 Å². The number of carbonyl (C=O) groups excluding carboxylic acids is 1. The lowest BCUT2D eigenvalue weighted by Crippen LogP contribution is -2.03. The van der Waals surface area contributed by atoms with E-state index in [1.807, 2.05) is 0 Å². The summed E-state index contributed by atoms with van der Waals surface area (Å²) in [5.74, 6) is 1.17. The number of hydrogen-bond donors (Lipinski definition) is 0. The fourth-order valence-electron chi connectivity index (χ4n) is 1.28. The lowest BCUT2D eigenvalue weighted by molar-refractivity contribution is 0.0485. The average Bonchev–Trinajstić information content (AvgIpc) is 2.37.